The van der Waals surface area contributed by atoms with Gasteiger partial charge in [-0.3, -0.25) is 14.5 Å². The van der Waals surface area contributed by atoms with Gasteiger partial charge in [0.05, 0.1) is 13.2 Å². The minimum absolute atomic E-state index is 0.0849. The Kier molecular flexibility index (Phi) is 10.1. The smallest absolute Gasteiger partial charge is 0.328 e. The van der Waals surface area contributed by atoms with Crippen molar-refractivity contribution in [1.82, 2.24) is 14.7 Å². The van der Waals surface area contributed by atoms with Crippen molar-refractivity contribution in [2.75, 3.05) is 59.5 Å². The van der Waals surface area contributed by atoms with E-state index in [0.29, 0.717) is 18.6 Å². The molecule has 0 bridgehead atoms. The molecule has 2 rings (SSSR count). The van der Waals surface area contributed by atoms with E-state index in [1.807, 2.05) is 4.90 Å². The predicted octanol–water partition coefficient (Wildman–Crippen LogP) is -0.889. The van der Waals surface area contributed by atoms with Crippen LogP contribution in [0.15, 0.2) is 12.2 Å². The molecule has 152 valence electrons. The molecule has 0 spiro atoms. The van der Waals surface area contributed by atoms with Gasteiger partial charge in [-0.2, -0.15) is 0 Å². The van der Waals surface area contributed by atoms with E-state index in [4.69, 9.17) is 14.9 Å². The summed E-state index contributed by atoms with van der Waals surface area (Å²) in [6.07, 6.45) is 2.60. The third kappa shape index (κ3) is 9.15. The number of carbonyl (C=O) groups is 4. The van der Waals surface area contributed by atoms with Crippen LogP contribution >= 0.6 is 0 Å². The van der Waals surface area contributed by atoms with Crippen LogP contribution < -0.4 is 0 Å². The molecular weight excluding hydrogens is 358 g/mol. The average Bonchev–Trinajstić information content (AvgIpc) is 3.04. The van der Waals surface area contributed by atoms with Gasteiger partial charge in [-0.15, -0.1) is 0 Å². The van der Waals surface area contributed by atoms with Crippen molar-refractivity contribution in [3.05, 3.63) is 12.2 Å². The Morgan fingerprint density at radius 1 is 1.04 bits per heavy atom. The third-order valence-electron chi connectivity index (χ3n) is 4.20. The lowest BCUT2D eigenvalue weighted by molar-refractivity contribution is -0.139. The number of piperazine rings is 1. The van der Waals surface area contributed by atoms with Crippen LogP contribution in [0.25, 0.3) is 0 Å². The second kappa shape index (κ2) is 12.0. The third-order valence-corrected chi connectivity index (χ3v) is 4.20. The zero-order valence-corrected chi connectivity index (χ0v) is 15.5. The second-order valence-corrected chi connectivity index (χ2v) is 6.14. The molecule has 0 saturated carbocycles. The van der Waals surface area contributed by atoms with Gasteiger partial charge in [0, 0.05) is 65.0 Å². The van der Waals surface area contributed by atoms with Crippen LogP contribution in [-0.2, 0) is 23.9 Å². The number of carbonyl (C=O) groups excluding carboxylic acids is 2. The molecule has 2 fully saturated rings. The van der Waals surface area contributed by atoms with Crippen molar-refractivity contribution < 1.29 is 34.1 Å². The van der Waals surface area contributed by atoms with E-state index in [-0.39, 0.29) is 18.4 Å². The number of carboxylic acids is 2. The molecule has 10 nitrogen and oxygen atoms in total. The highest BCUT2D eigenvalue weighted by Gasteiger charge is 2.26. The van der Waals surface area contributed by atoms with Gasteiger partial charge >= 0.3 is 11.9 Å². The lowest BCUT2D eigenvalue weighted by Gasteiger charge is -2.35. The molecule has 10 heteroatoms. The Balaban J connectivity index is 0.000000387. The van der Waals surface area contributed by atoms with Crippen molar-refractivity contribution in [2.24, 2.45) is 0 Å². The first kappa shape index (κ1) is 22.6. The number of ether oxygens (including phenoxy) is 1. The molecule has 2 amide bonds. The lowest BCUT2D eigenvalue weighted by atomic mass is 10.3. The molecule has 0 aliphatic carbocycles. The molecular formula is C17H27N3O7. The highest BCUT2D eigenvalue weighted by molar-refractivity contribution is 5.89. The average molecular weight is 385 g/mol. The van der Waals surface area contributed by atoms with E-state index in [0.717, 1.165) is 52.3 Å². The first-order valence-electron chi connectivity index (χ1n) is 8.74. The normalized spacial score (nSPS) is 17.7. The van der Waals surface area contributed by atoms with Gasteiger partial charge in [0.15, 0.2) is 0 Å². The van der Waals surface area contributed by atoms with Crippen molar-refractivity contribution in [3.63, 3.8) is 0 Å². The van der Waals surface area contributed by atoms with Crippen molar-refractivity contribution in [1.29, 1.82) is 0 Å². The minimum atomic E-state index is -1.26. The van der Waals surface area contributed by atoms with Crippen LogP contribution in [0.2, 0.25) is 0 Å². The molecule has 2 saturated heterocycles. The predicted molar refractivity (Wildman–Crippen MR) is 95.1 cm³/mol. The van der Waals surface area contributed by atoms with E-state index in [9.17, 15) is 19.2 Å². The quantitative estimate of drug-likeness (QED) is 0.540. The zero-order chi connectivity index (χ0) is 20.2. The zero-order valence-electron chi connectivity index (χ0n) is 15.5. The van der Waals surface area contributed by atoms with Crippen LogP contribution in [0.5, 0.6) is 0 Å². The monoisotopic (exact) mass is 385 g/mol. The van der Waals surface area contributed by atoms with E-state index in [1.54, 1.807) is 12.0 Å². The van der Waals surface area contributed by atoms with Gasteiger partial charge in [-0.1, -0.05) is 0 Å². The van der Waals surface area contributed by atoms with Crippen LogP contribution in [0.4, 0.5) is 0 Å². The lowest BCUT2D eigenvalue weighted by Crippen LogP contribution is -2.51. The van der Waals surface area contributed by atoms with Crippen LogP contribution in [-0.4, -0.2) is 108 Å². The van der Waals surface area contributed by atoms with Crippen molar-refractivity contribution >= 4 is 23.8 Å². The largest absolute Gasteiger partial charge is 0.478 e. The number of carboxylic acid groups (broad SMARTS) is 2. The van der Waals surface area contributed by atoms with Gasteiger partial charge < -0.3 is 24.7 Å². The second-order valence-electron chi connectivity index (χ2n) is 6.14. The number of rotatable bonds is 7. The minimum Gasteiger partial charge on any atom is -0.478 e. The van der Waals surface area contributed by atoms with Gasteiger partial charge in [0.1, 0.15) is 0 Å². The molecule has 0 radical (unpaired) electrons. The molecule has 0 aromatic rings. The Hall–Kier alpha value is -2.46. The van der Waals surface area contributed by atoms with E-state index in [1.165, 1.54) is 0 Å². The molecule has 0 aromatic carbocycles. The molecule has 0 unspecified atom stereocenters. The number of likely N-dealkylation sites (tertiary alicyclic amines) is 1. The molecule has 2 N–H and O–H groups in total. The number of aliphatic carboxylic acids is 2. The number of amides is 2. The summed E-state index contributed by atoms with van der Waals surface area (Å²) in [6.45, 7) is 5.94. The van der Waals surface area contributed by atoms with E-state index >= 15 is 0 Å². The molecule has 27 heavy (non-hydrogen) atoms. The molecule has 0 aromatic heterocycles. The fraction of sp³-hybridized carbons (Fsp3) is 0.647. The van der Waals surface area contributed by atoms with Gasteiger partial charge in [0.2, 0.25) is 11.8 Å². The summed E-state index contributed by atoms with van der Waals surface area (Å²) < 4.78 is 5.05. The summed E-state index contributed by atoms with van der Waals surface area (Å²) in [5, 5.41) is 15.6. The Morgan fingerprint density at radius 2 is 1.63 bits per heavy atom. The fourth-order valence-corrected chi connectivity index (χ4v) is 2.72. The Labute approximate surface area is 158 Å². The van der Waals surface area contributed by atoms with Crippen LogP contribution in [0.3, 0.4) is 0 Å². The number of nitrogens with zero attached hydrogens (tertiary/aromatic N) is 3. The van der Waals surface area contributed by atoms with E-state index < -0.39 is 11.9 Å². The maximum Gasteiger partial charge on any atom is 0.328 e. The van der Waals surface area contributed by atoms with Gasteiger partial charge in [-0.05, 0) is 6.42 Å². The fourth-order valence-electron chi connectivity index (χ4n) is 2.72. The maximum absolute atomic E-state index is 12.1. The van der Waals surface area contributed by atoms with Crippen molar-refractivity contribution in [2.45, 2.75) is 12.8 Å². The van der Waals surface area contributed by atoms with Crippen LogP contribution in [0, 0.1) is 0 Å². The van der Waals surface area contributed by atoms with Crippen LogP contribution in [0.1, 0.15) is 12.8 Å². The molecule has 2 heterocycles. The standard InChI is InChI=1S/C13H23N3O3.C4H4O4/c1-19-10-9-14-5-7-15(8-6-14)13(18)11-16-4-2-3-12(16)17;5-3(6)1-2-4(7)8/h2-11H2,1H3;1-2H,(H,5,6)(H,7,8)/b;2-1+. The highest BCUT2D eigenvalue weighted by atomic mass is 16.5. The molecule has 0 atom stereocenters. The number of hydrogen-bond acceptors (Lipinski definition) is 6. The van der Waals surface area contributed by atoms with E-state index in [2.05, 4.69) is 4.90 Å². The number of methoxy groups -OCH3 is 1. The van der Waals surface area contributed by atoms with Crippen molar-refractivity contribution in [3.8, 4) is 0 Å². The molecule has 2 aliphatic rings. The van der Waals surface area contributed by atoms with Gasteiger partial charge in [-0.25, -0.2) is 9.59 Å². The summed E-state index contributed by atoms with van der Waals surface area (Å²) in [7, 11) is 1.70. The maximum atomic E-state index is 12.1. The number of hydrogen-bond donors (Lipinski definition) is 2. The summed E-state index contributed by atoms with van der Waals surface area (Å²) in [5.41, 5.74) is 0. The summed E-state index contributed by atoms with van der Waals surface area (Å²) in [5.74, 6) is -2.31. The highest BCUT2D eigenvalue weighted by Crippen LogP contribution is 2.10. The summed E-state index contributed by atoms with van der Waals surface area (Å²) >= 11 is 0. The SMILES string of the molecule is COCCN1CCN(C(=O)CN2CCCC2=O)CC1.O=C(O)/C=C/C(=O)O. The van der Waals surface area contributed by atoms with Gasteiger partial charge in [0.25, 0.3) is 0 Å². The first-order chi connectivity index (χ1) is 12.8. The topological polar surface area (TPSA) is 128 Å². The Bertz CT molecular complexity index is 541. The summed E-state index contributed by atoms with van der Waals surface area (Å²) in [4.78, 5) is 48.6. The summed E-state index contributed by atoms with van der Waals surface area (Å²) in [6, 6.07) is 0. The first-order valence-corrected chi connectivity index (χ1v) is 8.74. The Morgan fingerprint density at radius 3 is 2.07 bits per heavy atom. The molecule has 2 aliphatic heterocycles.